The van der Waals surface area contributed by atoms with Crippen LogP contribution < -0.4 is 5.73 Å². The number of rotatable bonds is 4. The number of fused-ring (bicyclic) bond motifs is 3. The third-order valence-electron chi connectivity index (χ3n) is 9.36. The number of Topliss-reactive ketones (excluding diaryl/α,β-unsaturated/α-hetero) is 1. The molecule has 0 amide bonds. The molecule has 0 saturated carbocycles. The summed E-state index contributed by atoms with van der Waals surface area (Å²) in [5.74, 6) is 7.08. The molecule has 1 aromatic rings. The second-order valence-electron chi connectivity index (χ2n) is 11.4. The number of ketones is 1. The van der Waals surface area contributed by atoms with E-state index in [4.69, 9.17) is 5.73 Å². The highest BCUT2D eigenvalue weighted by atomic mass is 16.1. The Hall–Kier alpha value is -3.30. The van der Waals surface area contributed by atoms with E-state index in [0.717, 1.165) is 71.9 Å². The van der Waals surface area contributed by atoms with Gasteiger partial charge in [0.05, 0.1) is 11.5 Å². The Morgan fingerprint density at radius 1 is 1.27 bits per heavy atom. The SMILES string of the molecule is C=C(N)C1=C(C)[C@@H](CC)[C@@H]2C[C@@H]3Cc4c(C)cc(C#CCCCC)c(C)c4C(=C)C3=C(C#N)[C@]2(C)C1=O. The van der Waals surface area contributed by atoms with Gasteiger partial charge in [-0.1, -0.05) is 50.8 Å². The van der Waals surface area contributed by atoms with E-state index in [1.54, 1.807) is 0 Å². The van der Waals surface area contributed by atoms with Crippen molar-refractivity contribution in [1.82, 2.24) is 0 Å². The lowest BCUT2D eigenvalue weighted by Crippen LogP contribution is -2.51. The van der Waals surface area contributed by atoms with E-state index in [1.807, 2.05) is 13.8 Å². The van der Waals surface area contributed by atoms with E-state index in [2.05, 4.69) is 64.8 Å². The van der Waals surface area contributed by atoms with Crippen molar-refractivity contribution in [3.05, 3.63) is 75.0 Å². The molecule has 3 aliphatic rings. The van der Waals surface area contributed by atoms with E-state index in [1.165, 1.54) is 11.1 Å². The normalized spacial score (nSPS) is 26.6. The lowest BCUT2D eigenvalue weighted by Gasteiger charge is -2.52. The molecule has 1 aromatic carbocycles. The van der Waals surface area contributed by atoms with Gasteiger partial charge in [-0.2, -0.15) is 5.26 Å². The van der Waals surface area contributed by atoms with Gasteiger partial charge in [0, 0.05) is 28.8 Å². The van der Waals surface area contributed by atoms with Crippen LogP contribution in [0.1, 0.15) is 87.6 Å². The minimum Gasteiger partial charge on any atom is -0.399 e. The molecule has 0 radical (unpaired) electrons. The summed E-state index contributed by atoms with van der Waals surface area (Å²) in [6, 6.07) is 4.75. The Balaban J connectivity index is 1.93. The highest BCUT2D eigenvalue weighted by Crippen LogP contribution is 2.60. The average Bonchev–Trinajstić information content (AvgIpc) is 2.85. The summed E-state index contributed by atoms with van der Waals surface area (Å²) in [4.78, 5) is 14.1. The van der Waals surface area contributed by atoms with Gasteiger partial charge in [-0.15, -0.1) is 0 Å². The molecule has 0 aliphatic heterocycles. The van der Waals surface area contributed by atoms with Crippen LogP contribution in [0.3, 0.4) is 0 Å². The summed E-state index contributed by atoms with van der Waals surface area (Å²) in [6.45, 7) is 21.1. The fourth-order valence-electron chi connectivity index (χ4n) is 7.43. The molecule has 0 aromatic heterocycles. The zero-order valence-electron chi connectivity index (χ0n) is 23.4. The van der Waals surface area contributed by atoms with Crippen LogP contribution >= 0.6 is 0 Å². The summed E-state index contributed by atoms with van der Waals surface area (Å²) in [7, 11) is 0. The molecule has 0 spiro atoms. The summed E-state index contributed by atoms with van der Waals surface area (Å²) < 4.78 is 0. The van der Waals surface area contributed by atoms with E-state index >= 15 is 0 Å². The van der Waals surface area contributed by atoms with Crippen LogP contribution in [0.2, 0.25) is 0 Å². The van der Waals surface area contributed by atoms with E-state index in [-0.39, 0.29) is 23.5 Å². The Kier molecular flexibility index (Phi) is 7.14. The van der Waals surface area contributed by atoms with Crippen molar-refractivity contribution in [2.75, 3.05) is 0 Å². The van der Waals surface area contributed by atoms with Crippen molar-refractivity contribution in [2.24, 2.45) is 28.9 Å². The fourth-order valence-corrected chi connectivity index (χ4v) is 7.43. The first kappa shape index (κ1) is 26.8. The van der Waals surface area contributed by atoms with Crippen molar-refractivity contribution in [1.29, 1.82) is 5.26 Å². The number of aryl methyl sites for hydroxylation is 1. The van der Waals surface area contributed by atoms with Crippen molar-refractivity contribution in [2.45, 2.75) is 80.1 Å². The zero-order chi connectivity index (χ0) is 27.2. The molecular formula is C34H40N2O. The minimum absolute atomic E-state index is 0.0518. The summed E-state index contributed by atoms with van der Waals surface area (Å²) in [5.41, 5.74) is 15.3. The van der Waals surface area contributed by atoms with Gasteiger partial charge in [0.15, 0.2) is 5.78 Å². The molecule has 192 valence electrons. The third kappa shape index (κ3) is 3.92. The molecule has 0 bridgehead atoms. The van der Waals surface area contributed by atoms with Gasteiger partial charge in [-0.25, -0.2) is 0 Å². The molecule has 0 heterocycles. The number of nitrogens with zero attached hydrogens (tertiary/aromatic N) is 1. The molecule has 4 atom stereocenters. The maximum Gasteiger partial charge on any atom is 0.176 e. The first-order valence-electron chi connectivity index (χ1n) is 13.7. The highest BCUT2D eigenvalue weighted by molar-refractivity contribution is 6.08. The topological polar surface area (TPSA) is 66.9 Å². The van der Waals surface area contributed by atoms with Crippen molar-refractivity contribution >= 4 is 11.4 Å². The molecule has 2 N–H and O–H groups in total. The van der Waals surface area contributed by atoms with Crippen LogP contribution in [0.5, 0.6) is 0 Å². The zero-order valence-corrected chi connectivity index (χ0v) is 23.4. The minimum atomic E-state index is -0.931. The first-order chi connectivity index (χ1) is 17.5. The fraction of sp³-hybridized carbons (Fsp3) is 0.471. The van der Waals surface area contributed by atoms with E-state index < -0.39 is 5.41 Å². The van der Waals surface area contributed by atoms with Gasteiger partial charge in [0.1, 0.15) is 0 Å². The van der Waals surface area contributed by atoms with Crippen LogP contribution in [0.25, 0.3) is 5.57 Å². The van der Waals surface area contributed by atoms with Gasteiger partial charge in [0.2, 0.25) is 0 Å². The molecule has 3 nitrogen and oxygen atoms in total. The number of carbonyl (C=O) groups excluding carboxylic acids is 1. The molecule has 37 heavy (non-hydrogen) atoms. The van der Waals surface area contributed by atoms with Gasteiger partial charge in [0.25, 0.3) is 0 Å². The number of unbranched alkanes of at least 4 members (excludes halogenated alkanes) is 2. The molecule has 3 heteroatoms. The second-order valence-corrected chi connectivity index (χ2v) is 11.4. The van der Waals surface area contributed by atoms with E-state index in [9.17, 15) is 10.1 Å². The lowest BCUT2D eigenvalue weighted by molar-refractivity contribution is -0.127. The predicted octanol–water partition coefficient (Wildman–Crippen LogP) is 7.27. The third-order valence-corrected chi connectivity index (χ3v) is 9.36. The molecule has 0 unspecified atom stereocenters. The summed E-state index contributed by atoms with van der Waals surface area (Å²) >= 11 is 0. The number of allylic oxidation sites excluding steroid dienone is 5. The van der Waals surface area contributed by atoms with Crippen LogP contribution in [-0.4, -0.2) is 5.78 Å². The summed E-state index contributed by atoms with van der Waals surface area (Å²) in [6.07, 6.45) is 5.74. The molecule has 3 aliphatic carbocycles. The van der Waals surface area contributed by atoms with Crippen LogP contribution in [0.15, 0.2) is 47.2 Å². The number of nitriles is 1. The highest BCUT2D eigenvalue weighted by Gasteiger charge is 2.57. The van der Waals surface area contributed by atoms with Gasteiger partial charge >= 0.3 is 0 Å². The van der Waals surface area contributed by atoms with E-state index in [0.29, 0.717) is 16.8 Å². The first-order valence-corrected chi connectivity index (χ1v) is 13.7. The second kappa shape index (κ2) is 9.87. The number of hydrogen-bond donors (Lipinski definition) is 1. The van der Waals surface area contributed by atoms with Crippen LogP contribution in [0, 0.1) is 60.2 Å². The number of benzene rings is 1. The van der Waals surface area contributed by atoms with Crippen LogP contribution in [-0.2, 0) is 11.2 Å². The smallest absolute Gasteiger partial charge is 0.176 e. The monoisotopic (exact) mass is 492 g/mol. The quantitative estimate of drug-likeness (QED) is 0.355. The Morgan fingerprint density at radius 2 is 1.97 bits per heavy atom. The Labute approximate surface area is 223 Å². The molecular weight excluding hydrogens is 452 g/mol. The average molecular weight is 493 g/mol. The number of carbonyl (C=O) groups is 1. The van der Waals surface area contributed by atoms with Gasteiger partial charge in [-0.3, -0.25) is 4.79 Å². The summed E-state index contributed by atoms with van der Waals surface area (Å²) in [5, 5.41) is 10.6. The Bertz CT molecular complexity index is 1380. The predicted molar refractivity (Wildman–Crippen MR) is 152 cm³/mol. The number of nitrogens with two attached hydrogens (primary N) is 1. The number of hydrogen-bond acceptors (Lipinski definition) is 3. The largest absolute Gasteiger partial charge is 0.399 e. The molecule has 0 fully saturated rings. The van der Waals surface area contributed by atoms with Gasteiger partial charge < -0.3 is 5.73 Å². The van der Waals surface area contributed by atoms with Crippen molar-refractivity contribution < 1.29 is 4.79 Å². The standard InChI is InChI=1S/C34H40N2O/c1-9-11-12-13-14-24-15-19(3)27-16-25-17-28-26(10-2)21(5)31(23(7)36)33(37)34(28,8)29(18-35)32(25)22(6)30(27)20(24)4/h15,25-26,28H,6-7,9-12,16-17,36H2,1-5,8H3/t25-,26+,28-,34+/m0/s1. The van der Waals surface area contributed by atoms with Crippen LogP contribution in [0.4, 0.5) is 0 Å². The maximum atomic E-state index is 14.1. The maximum absolute atomic E-state index is 14.1. The molecule has 0 saturated heterocycles. The Morgan fingerprint density at radius 3 is 2.57 bits per heavy atom. The molecule has 4 rings (SSSR count). The van der Waals surface area contributed by atoms with Gasteiger partial charge in [-0.05, 0) is 111 Å². The van der Waals surface area contributed by atoms with Crippen molar-refractivity contribution in [3.8, 4) is 17.9 Å². The van der Waals surface area contributed by atoms with Crippen molar-refractivity contribution in [3.63, 3.8) is 0 Å². The lowest BCUT2D eigenvalue weighted by atomic mass is 9.49.